The Morgan fingerprint density at radius 3 is 2.76 bits per heavy atom. The predicted octanol–water partition coefficient (Wildman–Crippen LogP) is 4.24. The van der Waals surface area contributed by atoms with Crippen molar-refractivity contribution in [3.05, 3.63) is 37.3 Å². The van der Waals surface area contributed by atoms with E-state index >= 15 is 0 Å². The summed E-state index contributed by atoms with van der Waals surface area (Å²) in [6.45, 7) is 0.726. The van der Waals surface area contributed by atoms with Gasteiger partial charge in [0.05, 0.1) is 15.4 Å². The van der Waals surface area contributed by atoms with E-state index in [1.54, 1.807) is 11.3 Å². The fourth-order valence-electron chi connectivity index (χ4n) is 1.35. The van der Waals surface area contributed by atoms with Gasteiger partial charge in [0.1, 0.15) is 17.3 Å². The zero-order chi connectivity index (χ0) is 12.4. The number of hydrogen-bond acceptors (Lipinski definition) is 4. The van der Waals surface area contributed by atoms with Crippen molar-refractivity contribution in [2.24, 2.45) is 0 Å². The molecule has 0 aliphatic heterocycles. The van der Waals surface area contributed by atoms with Crippen molar-refractivity contribution in [1.82, 2.24) is 9.97 Å². The SMILES string of the molecule is CN(Cc1ccc(Cl)s1)c1ncnc(Cl)c1Br. The first-order valence-electron chi connectivity index (χ1n) is 4.69. The van der Waals surface area contributed by atoms with Gasteiger partial charge in [0.15, 0.2) is 0 Å². The lowest BCUT2D eigenvalue weighted by atomic mass is 10.4. The first-order valence-corrected chi connectivity index (χ1v) is 7.06. The van der Waals surface area contributed by atoms with Crippen LogP contribution >= 0.6 is 50.5 Å². The van der Waals surface area contributed by atoms with Crippen LogP contribution in [-0.2, 0) is 6.54 Å². The average molecular weight is 353 g/mol. The number of nitrogens with zero attached hydrogens (tertiary/aromatic N) is 3. The summed E-state index contributed by atoms with van der Waals surface area (Å²) < 4.78 is 1.49. The lowest BCUT2D eigenvalue weighted by Crippen LogP contribution is -2.17. The van der Waals surface area contributed by atoms with Crippen molar-refractivity contribution < 1.29 is 0 Å². The van der Waals surface area contributed by atoms with Crippen LogP contribution in [0.25, 0.3) is 0 Å². The van der Waals surface area contributed by atoms with Crippen LogP contribution in [0.15, 0.2) is 22.9 Å². The minimum Gasteiger partial charge on any atom is -0.353 e. The van der Waals surface area contributed by atoms with Gasteiger partial charge in [-0.3, -0.25) is 0 Å². The molecule has 0 atom stereocenters. The largest absolute Gasteiger partial charge is 0.353 e. The Balaban J connectivity index is 2.20. The van der Waals surface area contributed by atoms with Gasteiger partial charge in [0.25, 0.3) is 0 Å². The molecular weight excluding hydrogens is 345 g/mol. The van der Waals surface area contributed by atoms with E-state index in [0.717, 1.165) is 16.7 Å². The predicted molar refractivity (Wildman–Crippen MR) is 76.2 cm³/mol. The van der Waals surface area contributed by atoms with E-state index in [1.165, 1.54) is 11.2 Å². The molecule has 90 valence electrons. The van der Waals surface area contributed by atoms with Crippen molar-refractivity contribution in [2.75, 3.05) is 11.9 Å². The van der Waals surface area contributed by atoms with Crippen LogP contribution in [0.1, 0.15) is 4.88 Å². The Hall–Kier alpha value is -0.360. The molecule has 0 aliphatic carbocycles. The molecule has 0 bridgehead atoms. The number of thiophene rings is 1. The summed E-state index contributed by atoms with van der Waals surface area (Å²) >= 11 is 16.7. The van der Waals surface area contributed by atoms with Crippen molar-refractivity contribution in [1.29, 1.82) is 0 Å². The van der Waals surface area contributed by atoms with Crippen molar-refractivity contribution in [2.45, 2.75) is 6.54 Å². The molecule has 0 unspecified atom stereocenters. The van der Waals surface area contributed by atoms with Gasteiger partial charge in [-0.2, -0.15) is 0 Å². The molecule has 2 heterocycles. The normalized spacial score (nSPS) is 10.6. The number of anilines is 1. The molecule has 0 radical (unpaired) electrons. The number of aromatic nitrogens is 2. The topological polar surface area (TPSA) is 29.0 Å². The molecule has 0 saturated carbocycles. The van der Waals surface area contributed by atoms with Crippen LogP contribution in [0.5, 0.6) is 0 Å². The van der Waals surface area contributed by atoms with E-state index < -0.39 is 0 Å². The average Bonchev–Trinajstić information content (AvgIpc) is 2.68. The second kappa shape index (κ2) is 5.52. The zero-order valence-electron chi connectivity index (χ0n) is 8.82. The van der Waals surface area contributed by atoms with Crippen LogP contribution < -0.4 is 4.90 Å². The standard InChI is InChI=1S/C10H8BrCl2N3S/c1-16(4-6-2-3-7(12)17-6)10-8(11)9(13)14-5-15-10/h2-3,5H,4H2,1H3. The van der Waals surface area contributed by atoms with Crippen LogP contribution in [0.2, 0.25) is 9.49 Å². The van der Waals surface area contributed by atoms with E-state index in [9.17, 15) is 0 Å². The van der Waals surface area contributed by atoms with Crippen LogP contribution in [-0.4, -0.2) is 17.0 Å². The summed E-state index contributed by atoms with van der Waals surface area (Å²) in [5.41, 5.74) is 0. The molecular formula is C10H8BrCl2N3S. The fraction of sp³-hybridized carbons (Fsp3) is 0.200. The Kier molecular flexibility index (Phi) is 4.25. The maximum absolute atomic E-state index is 5.92. The summed E-state index contributed by atoms with van der Waals surface area (Å²) in [6, 6.07) is 3.89. The van der Waals surface area contributed by atoms with Gasteiger partial charge in [0, 0.05) is 11.9 Å². The highest BCUT2D eigenvalue weighted by Crippen LogP contribution is 2.30. The summed E-state index contributed by atoms with van der Waals surface area (Å²) in [7, 11) is 1.94. The van der Waals surface area contributed by atoms with E-state index in [2.05, 4.69) is 25.9 Å². The van der Waals surface area contributed by atoms with Crippen LogP contribution in [0, 0.1) is 0 Å². The lowest BCUT2D eigenvalue weighted by Gasteiger charge is -2.18. The first kappa shape index (κ1) is 13.1. The molecule has 3 nitrogen and oxygen atoms in total. The second-order valence-corrected chi connectivity index (χ2v) is 6.31. The maximum atomic E-state index is 5.92. The minimum atomic E-state index is 0.408. The molecule has 7 heteroatoms. The number of hydrogen-bond donors (Lipinski definition) is 0. The van der Waals surface area contributed by atoms with Crippen molar-refractivity contribution in [3.8, 4) is 0 Å². The zero-order valence-corrected chi connectivity index (χ0v) is 12.7. The third kappa shape index (κ3) is 3.10. The quantitative estimate of drug-likeness (QED) is 0.773. The van der Waals surface area contributed by atoms with Gasteiger partial charge in [-0.05, 0) is 28.1 Å². The molecule has 2 aromatic heterocycles. The van der Waals surface area contributed by atoms with Crippen molar-refractivity contribution in [3.63, 3.8) is 0 Å². The Morgan fingerprint density at radius 1 is 1.35 bits per heavy atom. The first-order chi connectivity index (χ1) is 8.08. The van der Waals surface area contributed by atoms with E-state index in [1.807, 2.05) is 24.1 Å². The second-order valence-electron chi connectivity index (χ2n) is 3.36. The molecule has 0 aromatic carbocycles. The highest BCUT2D eigenvalue weighted by molar-refractivity contribution is 9.10. The molecule has 0 fully saturated rings. The van der Waals surface area contributed by atoms with Crippen LogP contribution in [0.3, 0.4) is 0 Å². The Morgan fingerprint density at radius 2 is 2.12 bits per heavy atom. The van der Waals surface area contributed by atoms with Crippen LogP contribution in [0.4, 0.5) is 5.82 Å². The van der Waals surface area contributed by atoms with Crippen molar-refractivity contribution >= 4 is 56.3 Å². The smallest absolute Gasteiger partial charge is 0.148 e. The molecule has 0 aliphatic rings. The highest BCUT2D eigenvalue weighted by atomic mass is 79.9. The van der Waals surface area contributed by atoms with Gasteiger partial charge in [-0.1, -0.05) is 23.2 Å². The Bertz CT molecular complexity index is 532. The van der Waals surface area contributed by atoms with E-state index in [-0.39, 0.29) is 0 Å². The summed E-state index contributed by atoms with van der Waals surface area (Å²) in [5.74, 6) is 0.759. The minimum absolute atomic E-state index is 0.408. The summed E-state index contributed by atoms with van der Waals surface area (Å²) in [6.07, 6.45) is 1.44. The summed E-state index contributed by atoms with van der Waals surface area (Å²) in [4.78, 5) is 11.2. The molecule has 0 saturated heterocycles. The molecule has 0 spiro atoms. The van der Waals surface area contributed by atoms with Gasteiger partial charge < -0.3 is 4.90 Å². The number of rotatable bonds is 3. The Labute approximate surface area is 122 Å². The van der Waals surface area contributed by atoms with E-state index in [4.69, 9.17) is 23.2 Å². The van der Waals surface area contributed by atoms with Gasteiger partial charge >= 0.3 is 0 Å². The van der Waals surface area contributed by atoms with Gasteiger partial charge in [-0.15, -0.1) is 11.3 Å². The monoisotopic (exact) mass is 351 g/mol. The van der Waals surface area contributed by atoms with Gasteiger partial charge in [0.2, 0.25) is 0 Å². The van der Waals surface area contributed by atoms with Gasteiger partial charge in [-0.25, -0.2) is 9.97 Å². The number of halogens is 3. The third-order valence-electron chi connectivity index (χ3n) is 2.11. The molecule has 0 N–H and O–H groups in total. The third-order valence-corrected chi connectivity index (χ3v) is 4.57. The maximum Gasteiger partial charge on any atom is 0.148 e. The summed E-state index contributed by atoms with van der Waals surface area (Å²) in [5, 5.41) is 0.408. The molecule has 0 amide bonds. The fourth-order valence-corrected chi connectivity index (χ4v) is 3.13. The van der Waals surface area contributed by atoms with E-state index in [0.29, 0.717) is 9.63 Å². The molecule has 17 heavy (non-hydrogen) atoms. The molecule has 2 aromatic rings. The lowest BCUT2D eigenvalue weighted by molar-refractivity contribution is 0.899. The molecule has 2 rings (SSSR count). The highest BCUT2D eigenvalue weighted by Gasteiger charge is 2.12.